The van der Waals surface area contributed by atoms with E-state index in [9.17, 15) is 9.59 Å². The summed E-state index contributed by atoms with van der Waals surface area (Å²) in [7, 11) is 2.05. The average Bonchev–Trinajstić information content (AvgIpc) is 3.39. The van der Waals surface area contributed by atoms with E-state index >= 15 is 0 Å². The zero-order valence-corrected chi connectivity index (χ0v) is 22.9. The van der Waals surface area contributed by atoms with Crippen LogP contribution in [0.4, 0.5) is 5.95 Å². The molecular formula is C30H28ClN7O2. The number of hydrogen-bond donors (Lipinski definition) is 3. The van der Waals surface area contributed by atoms with Gasteiger partial charge in [-0.05, 0) is 55.9 Å². The number of likely N-dealkylation sites (N-methyl/N-ethyl adjacent to an activating group) is 1. The first-order valence-electron chi connectivity index (χ1n) is 12.7. The maximum atomic E-state index is 13.0. The number of H-pyrrole nitrogens is 1. The van der Waals surface area contributed by atoms with Crippen LogP contribution in [-0.2, 0) is 0 Å². The summed E-state index contributed by atoms with van der Waals surface area (Å²) in [5, 5.41) is 0.526. The molecule has 9 nitrogen and oxygen atoms in total. The summed E-state index contributed by atoms with van der Waals surface area (Å²) in [4.78, 5) is 41.3. The molecule has 0 bridgehead atoms. The minimum atomic E-state index is -0.603. The van der Waals surface area contributed by atoms with Gasteiger partial charge in [0.2, 0.25) is 5.95 Å². The Hall–Kier alpha value is -4.65. The maximum absolute atomic E-state index is 13.0. The van der Waals surface area contributed by atoms with Gasteiger partial charge < -0.3 is 26.3 Å². The Morgan fingerprint density at radius 3 is 2.58 bits per heavy atom. The highest BCUT2D eigenvalue weighted by molar-refractivity contribution is 6.31. The number of nitrogens with two attached hydrogens (primary N) is 2. The van der Waals surface area contributed by atoms with Gasteiger partial charge in [-0.15, -0.1) is 0 Å². The van der Waals surface area contributed by atoms with Crippen LogP contribution in [0.25, 0.3) is 22.6 Å². The Kier molecular flexibility index (Phi) is 7.56. The second kappa shape index (κ2) is 11.2. The fraction of sp³-hybridized carbons (Fsp3) is 0.200. The predicted octanol–water partition coefficient (Wildman–Crippen LogP) is 3.57. The third-order valence-corrected chi connectivity index (χ3v) is 7.09. The topological polar surface area (TPSA) is 134 Å². The monoisotopic (exact) mass is 553 g/mol. The molecular weight excluding hydrogens is 526 g/mol. The SMILES string of the molecule is Cc1ccc(Cl)cc1-c1[nH]c(-c2nc(N)ncc2C#Cc2cccc(C(=O)N3CCN(C)CC3)c2)cc1C(N)=O. The molecule has 0 unspecified atom stereocenters. The smallest absolute Gasteiger partial charge is 0.253 e. The lowest BCUT2D eigenvalue weighted by atomic mass is 10.0. The van der Waals surface area contributed by atoms with Gasteiger partial charge in [0.25, 0.3) is 11.8 Å². The lowest BCUT2D eigenvalue weighted by Crippen LogP contribution is -2.47. The number of nitrogens with one attached hydrogen (secondary N) is 1. The fourth-order valence-electron chi connectivity index (χ4n) is 4.61. The first kappa shape index (κ1) is 26.9. The van der Waals surface area contributed by atoms with Crippen LogP contribution in [0.3, 0.4) is 0 Å². The maximum Gasteiger partial charge on any atom is 0.253 e. The highest BCUT2D eigenvalue weighted by atomic mass is 35.5. The first-order valence-corrected chi connectivity index (χ1v) is 13.1. The lowest BCUT2D eigenvalue weighted by molar-refractivity contribution is 0.0664. The molecule has 1 fully saturated rings. The van der Waals surface area contributed by atoms with Crippen molar-refractivity contribution in [3.63, 3.8) is 0 Å². The zero-order chi connectivity index (χ0) is 28.4. The van der Waals surface area contributed by atoms with E-state index in [-0.39, 0.29) is 17.4 Å². The van der Waals surface area contributed by atoms with Crippen molar-refractivity contribution in [2.24, 2.45) is 5.73 Å². The summed E-state index contributed by atoms with van der Waals surface area (Å²) >= 11 is 6.24. The van der Waals surface area contributed by atoms with Crippen LogP contribution in [0.1, 0.15) is 37.4 Å². The lowest BCUT2D eigenvalue weighted by Gasteiger charge is -2.32. The number of nitrogens with zero attached hydrogens (tertiary/aromatic N) is 4. The van der Waals surface area contributed by atoms with E-state index in [0.717, 1.165) is 24.2 Å². The van der Waals surface area contributed by atoms with E-state index in [0.29, 0.717) is 51.9 Å². The van der Waals surface area contributed by atoms with Gasteiger partial charge in [0.05, 0.1) is 22.5 Å². The van der Waals surface area contributed by atoms with Crippen molar-refractivity contribution in [2.75, 3.05) is 39.0 Å². The highest BCUT2D eigenvalue weighted by Crippen LogP contribution is 2.33. The van der Waals surface area contributed by atoms with Gasteiger partial charge in [-0.3, -0.25) is 9.59 Å². The highest BCUT2D eigenvalue weighted by Gasteiger charge is 2.21. The quantitative estimate of drug-likeness (QED) is 0.331. The van der Waals surface area contributed by atoms with E-state index in [2.05, 4.69) is 31.7 Å². The van der Waals surface area contributed by atoms with E-state index < -0.39 is 5.91 Å². The Morgan fingerprint density at radius 2 is 1.82 bits per heavy atom. The van der Waals surface area contributed by atoms with Crippen molar-refractivity contribution < 1.29 is 9.59 Å². The Labute approximate surface area is 237 Å². The number of aryl methyl sites for hydroxylation is 1. The largest absolute Gasteiger partial charge is 0.368 e. The number of primary amides is 1. The number of rotatable bonds is 4. The first-order chi connectivity index (χ1) is 19.2. The number of carbonyl (C=O) groups excluding carboxylic acids is 2. The second-order valence-corrected chi connectivity index (χ2v) is 10.1. The van der Waals surface area contributed by atoms with E-state index in [1.807, 2.05) is 37.1 Å². The van der Waals surface area contributed by atoms with Gasteiger partial charge in [0.1, 0.15) is 5.69 Å². The van der Waals surface area contributed by atoms with Crippen LogP contribution in [0.2, 0.25) is 5.02 Å². The Morgan fingerprint density at radius 1 is 1.05 bits per heavy atom. The number of aromatic nitrogens is 3. The molecule has 2 aromatic heterocycles. The van der Waals surface area contributed by atoms with Crippen molar-refractivity contribution in [2.45, 2.75) is 6.92 Å². The summed E-state index contributed by atoms with van der Waals surface area (Å²) in [6, 6.07) is 14.3. The molecule has 0 saturated carbocycles. The number of amides is 2. The van der Waals surface area contributed by atoms with Crippen molar-refractivity contribution >= 4 is 29.4 Å². The molecule has 0 spiro atoms. The minimum Gasteiger partial charge on any atom is -0.368 e. The van der Waals surface area contributed by atoms with Crippen LogP contribution in [0.5, 0.6) is 0 Å². The number of carbonyl (C=O) groups is 2. The molecule has 1 aliphatic rings. The van der Waals surface area contributed by atoms with Crippen LogP contribution >= 0.6 is 11.6 Å². The van der Waals surface area contributed by atoms with Gasteiger partial charge in [-0.25, -0.2) is 9.97 Å². The minimum absolute atomic E-state index is 0.0116. The number of nitrogen functional groups attached to an aromatic ring is 1. The number of benzene rings is 2. The van der Waals surface area contributed by atoms with Crippen molar-refractivity contribution in [3.05, 3.63) is 87.6 Å². The molecule has 5 N–H and O–H groups in total. The third kappa shape index (κ3) is 5.69. The number of hydrogen-bond acceptors (Lipinski definition) is 6. The van der Waals surface area contributed by atoms with Crippen LogP contribution in [0.15, 0.2) is 54.7 Å². The van der Waals surface area contributed by atoms with Crippen molar-refractivity contribution in [3.8, 4) is 34.5 Å². The molecule has 1 aliphatic heterocycles. The molecule has 0 radical (unpaired) electrons. The van der Waals surface area contributed by atoms with E-state index in [1.54, 1.807) is 30.3 Å². The normalized spacial score (nSPS) is 13.5. The molecule has 10 heteroatoms. The molecule has 4 aromatic rings. The van der Waals surface area contributed by atoms with Gasteiger partial charge in [0.15, 0.2) is 0 Å². The fourth-order valence-corrected chi connectivity index (χ4v) is 4.78. The van der Waals surface area contributed by atoms with Crippen LogP contribution in [-0.4, -0.2) is 69.8 Å². The molecule has 202 valence electrons. The van der Waals surface area contributed by atoms with Crippen LogP contribution < -0.4 is 11.5 Å². The third-order valence-electron chi connectivity index (χ3n) is 6.86. The second-order valence-electron chi connectivity index (χ2n) is 9.71. The van der Waals surface area contributed by atoms with Crippen molar-refractivity contribution in [1.29, 1.82) is 0 Å². The van der Waals surface area contributed by atoms with Crippen molar-refractivity contribution in [1.82, 2.24) is 24.8 Å². The van der Waals surface area contributed by atoms with Gasteiger partial charge >= 0.3 is 0 Å². The van der Waals surface area contributed by atoms with E-state index in [4.69, 9.17) is 23.1 Å². The molecule has 0 aliphatic carbocycles. The number of anilines is 1. The standard InChI is InChI=1S/C30H28ClN7O2/c1-18-6-9-22(31)15-23(18)27-24(28(32)39)16-25(35-27)26-21(17-34-30(33)36-26)8-7-19-4-3-5-20(14-19)29(40)38-12-10-37(2)11-13-38/h3-6,9,14-17,35H,10-13H2,1-2H3,(H2,32,39)(H2,33,34,36). The molecule has 3 heterocycles. The molecule has 2 aromatic carbocycles. The molecule has 2 amide bonds. The molecule has 0 atom stereocenters. The van der Waals surface area contributed by atoms with Gasteiger partial charge in [-0.2, -0.15) is 0 Å². The zero-order valence-electron chi connectivity index (χ0n) is 22.2. The number of aromatic amines is 1. The molecule has 40 heavy (non-hydrogen) atoms. The average molecular weight is 554 g/mol. The summed E-state index contributed by atoms with van der Waals surface area (Å²) < 4.78 is 0. The Bertz CT molecular complexity index is 1680. The molecule has 1 saturated heterocycles. The van der Waals surface area contributed by atoms with Crippen LogP contribution in [0, 0.1) is 18.8 Å². The summed E-state index contributed by atoms with van der Waals surface area (Å²) in [5.41, 5.74) is 16.8. The van der Waals surface area contributed by atoms with E-state index in [1.165, 1.54) is 6.20 Å². The summed E-state index contributed by atoms with van der Waals surface area (Å²) in [6.45, 7) is 4.99. The van der Waals surface area contributed by atoms with Gasteiger partial charge in [-0.1, -0.05) is 35.6 Å². The number of piperazine rings is 1. The summed E-state index contributed by atoms with van der Waals surface area (Å²) in [6.07, 6.45) is 1.53. The Balaban J connectivity index is 1.50. The molecule has 5 rings (SSSR count). The number of halogens is 1. The van der Waals surface area contributed by atoms with Gasteiger partial charge in [0, 0.05) is 54.1 Å². The predicted molar refractivity (Wildman–Crippen MR) is 156 cm³/mol. The summed E-state index contributed by atoms with van der Waals surface area (Å²) in [5.74, 6) is 5.66.